The van der Waals surface area contributed by atoms with Gasteiger partial charge in [0.25, 0.3) is 0 Å². The molecule has 2 heterocycles. The number of rotatable bonds is 3. The van der Waals surface area contributed by atoms with E-state index in [0.717, 1.165) is 18.1 Å². The van der Waals surface area contributed by atoms with Gasteiger partial charge in [-0.3, -0.25) is 0 Å². The molecule has 2 aliphatic carbocycles. The fraction of sp³-hybridized carbons (Fsp3) is 0.880. The normalized spacial score (nSPS) is 47.5. The average molecular weight is 390 g/mol. The minimum absolute atomic E-state index is 0.495. The van der Waals surface area contributed by atoms with E-state index in [1.165, 1.54) is 63.5 Å². The molecule has 0 aromatic heterocycles. The first-order chi connectivity index (χ1) is 12.7. The summed E-state index contributed by atoms with van der Waals surface area (Å²) in [4.78, 5) is 5.02. The van der Waals surface area contributed by atoms with Crippen molar-refractivity contribution in [3.8, 4) is 0 Å². The first-order valence-electron chi connectivity index (χ1n) is 11.9. The van der Waals surface area contributed by atoms with Crippen molar-refractivity contribution < 1.29 is 0 Å². The molecule has 0 aromatic carbocycles. The van der Waals surface area contributed by atoms with E-state index in [1.807, 2.05) is 5.57 Å². The van der Waals surface area contributed by atoms with Gasteiger partial charge in [0, 0.05) is 0 Å². The number of aliphatic imine (C=N–C) groups is 1. The topological polar surface area (TPSA) is 12.4 Å². The zero-order valence-corrected chi connectivity index (χ0v) is 20.0. The maximum absolute atomic E-state index is 5.02. The van der Waals surface area contributed by atoms with E-state index in [2.05, 4.69) is 47.4 Å². The van der Waals surface area contributed by atoms with Crippen molar-refractivity contribution in [1.29, 1.82) is 0 Å². The average Bonchev–Trinajstić information content (AvgIpc) is 2.92. The number of fused-ring (bicyclic) bond motifs is 5. The predicted octanol–water partition coefficient (Wildman–Crippen LogP) is 7.09. The molecule has 3 fully saturated rings. The molecule has 0 spiro atoms. The SMILES string of the molecule is CCC/N=C(\C)C1CC[PH]2(C)C3CCC4=CCCCC4(C)C3(C)CCC12C. The van der Waals surface area contributed by atoms with Gasteiger partial charge in [0.1, 0.15) is 0 Å². The van der Waals surface area contributed by atoms with Crippen LogP contribution in [0.3, 0.4) is 0 Å². The van der Waals surface area contributed by atoms with E-state index >= 15 is 0 Å². The third kappa shape index (κ3) is 2.55. The fourth-order valence-corrected chi connectivity index (χ4v) is 15.8. The van der Waals surface area contributed by atoms with Crippen LogP contribution in [0.2, 0.25) is 0 Å². The van der Waals surface area contributed by atoms with E-state index in [1.54, 1.807) is 6.16 Å². The van der Waals surface area contributed by atoms with Gasteiger partial charge in [-0.05, 0) is 0 Å². The third-order valence-corrected chi connectivity index (χ3v) is 17.8. The van der Waals surface area contributed by atoms with Crippen LogP contribution in [0.25, 0.3) is 0 Å². The van der Waals surface area contributed by atoms with Crippen LogP contribution in [-0.4, -0.2) is 35.9 Å². The Hall–Kier alpha value is -0.160. The Kier molecular flexibility index (Phi) is 4.98. The van der Waals surface area contributed by atoms with E-state index in [9.17, 15) is 0 Å². The monoisotopic (exact) mass is 389 g/mol. The summed E-state index contributed by atoms with van der Waals surface area (Å²) in [6.07, 6.45) is 16.9. The van der Waals surface area contributed by atoms with Crippen molar-refractivity contribution in [3.05, 3.63) is 11.6 Å². The van der Waals surface area contributed by atoms with E-state index < -0.39 is 7.26 Å². The molecule has 27 heavy (non-hydrogen) atoms. The van der Waals surface area contributed by atoms with Crippen LogP contribution in [0.15, 0.2) is 16.6 Å². The molecule has 0 aromatic rings. The van der Waals surface area contributed by atoms with Crippen molar-refractivity contribution in [3.63, 3.8) is 0 Å². The number of hydrogen-bond donors (Lipinski definition) is 0. The molecule has 5 atom stereocenters. The van der Waals surface area contributed by atoms with Gasteiger partial charge in [0.15, 0.2) is 0 Å². The van der Waals surface area contributed by atoms with Gasteiger partial charge in [-0.1, -0.05) is 0 Å². The maximum atomic E-state index is 5.02. The summed E-state index contributed by atoms with van der Waals surface area (Å²) in [5.74, 6) is 0.779. The quantitative estimate of drug-likeness (QED) is 0.277. The standard InChI is InChI=1S/C25H44NP/c1-7-17-26-19(2)21-13-18-27(6)22-12-11-20-10-8-9-14-23(20,3)24(22,4)15-16-25(21,27)5/h10,21-22,27H,7-9,11-18H2,1-6H3/b26-19+. The second-order valence-electron chi connectivity index (χ2n) is 11.4. The van der Waals surface area contributed by atoms with Gasteiger partial charge in [0.05, 0.1) is 0 Å². The van der Waals surface area contributed by atoms with Crippen LogP contribution >= 0.6 is 7.26 Å². The molecule has 2 aliphatic heterocycles. The first-order valence-corrected chi connectivity index (χ1v) is 14.7. The molecule has 2 saturated heterocycles. The van der Waals surface area contributed by atoms with Gasteiger partial charge in [-0.25, -0.2) is 0 Å². The van der Waals surface area contributed by atoms with Crippen molar-refractivity contribution in [2.45, 2.75) is 103 Å². The van der Waals surface area contributed by atoms with Crippen molar-refractivity contribution >= 4 is 13.0 Å². The van der Waals surface area contributed by atoms with E-state index in [4.69, 9.17) is 4.99 Å². The number of nitrogens with zero attached hydrogens (tertiary/aromatic N) is 1. The minimum atomic E-state index is -1.36. The number of hydrogen-bond acceptors (Lipinski definition) is 1. The third-order valence-electron chi connectivity index (χ3n) is 10.8. The zero-order valence-electron chi connectivity index (χ0n) is 19.0. The fourth-order valence-electron chi connectivity index (χ4n) is 8.69. The second-order valence-corrected chi connectivity index (χ2v) is 16.6. The summed E-state index contributed by atoms with van der Waals surface area (Å²) in [6, 6.07) is 0. The molecular weight excluding hydrogens is 345 g/mol. The predicted molar refractivity (Wildman–Crippen MR) is 124 cm³/mol. The molecule has 5 unspecified atom stereocenters. The van der Waals surface area contributed by atoms with Gasteiger partial charge < -0.3 is 0 Å². The number of allylic oxidation sites excluding steroid dienone is 2. The summed E-state index contributed by atoms with van der Waals surface area (Å²) in [5.41, 5.74) is 5.42. The Labute approximate surface area is 169 Å². The summed E-state index contributed by atoms with van der Waals surface area (Å²) in [6.45, 7) is 16.6. The van der Waals surface area contributed by atoms with Gasteiger partial charge in [-0.15, -0.1) is 0 Å². The molecule has 1 saturated carbocycles. The molecule has 0 radical (unpaired) electrons. The van der Waals surface area contributed by atoms with Gasteiger partial charge in [0.2, 0.25) is 0 Å². The van der Waals surface area contributed by atoms with Crippen LogP contribution in [-0.2, 0) is 0 Å². The summed E-state index contributed by atoms with van der Waals surface area (Å²) in [7, 11) is -1.36. The molecule has 0 N–H and O–H groups in total. The van der Waals surface area contributed by atoms with Crippen molar-refractivity contribution in [1.82, 2.24) is 0 Å². The van der Waals surface area contributed by atoms with Crippen LogP contribution < -0.4 is 0 Å². The van der Waals surface area contributed by atoms with Crippen LogP contribution in [0.1, 0.15) is 92.4 Å². The first kappa shape index (κ1) is 20.1. The van der Waals surface area contributed by atoms with E-state index in [0.29, 0.717) is 16.0 Å². The molecule has 0 bridgehead atoms. The molecule has 2 heteroatoms. The zero-order chi connectivity index (χ0) is 19.5. The molecule has 4 rings (SSSR count). The molecular formula is C25H44NP. The Morgan fingerprint density at radius 1 is 1.19 bits per heavy atom. The van der Waals surface area contributed by atoms with Crippen molar-refractivity contribution in [2.75, 3.05) is 19.4 Å². The molecule has 154 valence electrons. The van der Waals surface area contributed by atoms with Gasteiger partial charge in [-0.2, -0.15) is 0 Å². The van der Waals surface area contributed by atoms with Crippen molar-refractivity contribution in [2.24, 2.45) is 21.7 Å². The Balaban J connectivity index is 1.72. The van der Waals surface area contributed by atoms with Gasteiger partial charge >= 0.3 is 169 Å². The summed E-state index contributed by atoms with van der Waals surface area (Å²) >= 11 is 0. The van der Waals surface area contributed by atoms with Crippen LogP contribution in [0.5, 0.6) is 0 Å². The molecule has 0 amide bonds. The summed E-state index contributed by atoms with van der Waals surface area (Å²) in [5, 5.41) is 0.588. The van der Waals surface area contributed by atoms with Crippen LogP contribution in [0.4, 0.5) is 0 Å². The Morgan fingerprint density at radius 2 is 1.96 bits per heavy atom. The summed E-state index contributed by atoms with van der Waals surface area (Å²) < 4.78 is 0. The Morgan fingerprint density at radius 3 is 2.70 bits per heavy atom. The second kappa shape index (κ2) is 6.68. The Bertz CT molecular complexity index is 665. The molecule has 4 aliphatic rings. The van der Waals surface area contributed by atoms with E-state index in [-0.39, 0.29) is 0 Å². The van der Waals surface area contributed by atoms with Crippen LogP contribution in [0, 0.1) is 16.7 Å². The molecule has 1 nitrogen and oxygen atoms in total.